The summed E-state index contributed by atoms with van der Waals surface area (Å²) in [4.78, 5) is 18.1. The summed E-state index contributed by atoms with van der Waals surface area (Å²) in [6.07, 6.45) is 7.07. The molecule has 0 aliphatic carbocycles. The number of carbonyl (C=O) groups excluding carboxylic acids is 1. The number of ether oxygens (including phenoxy) is 2. The molecule has 1 aromatic carbocycles. The van der Waals surface area contributed by atoms with Crippen molar-refractivity contribution in [1.29, 1.82) is 0 Å². The van der Waals surface area contributed by atoms with Crippen molar-refractivity contribution in [3.05, 3.63) is 66.0 Å². The van der Waals surface area contributed by atoms with Crippen molar-refractivity contribution in [3.8, 4) is 5.75 Å². The lowest BCUT2D eigenvalue weighted by Crippen LogP contribution is -2.43. The van der Waals surface area contributed by atoms with Crippen LogP contribution >= 0.6 is 0 Å². The van der Waals surface area contributed by atoms with E-state index in [0.29, 0.717) is 26.3 Å². The highest BCUT2D eigenvalue weighted by Crippen LogP contribution is 2.15. The average Bonchev–Trinajstić information content (AvgIpc) is 2.66. The van der Waals surface area contributed by atoms with Crippen LogP contribution in [0.25, 0.3) is 6.08 Å². The molecule has 1 fully saturated rings. The molecule has 1 amide bonds. The van der Waals surface area contributed by atoms with Gasteiger partial charge in [-0.15, -0.1) is 0 Å². The Morgan fingerprint density at radius 2 is 2.20 bits per heavy atom. The van der Waals surface area contributed by atoms with Gasteiger partial charge < -0.3 is 14.4 Å². The van der Waals surface area contributed by atoms with Crippen molar-refractivity contribution in [2.45, 2.75) is 19.6 Å². The Labute approximate surface area is 147 Å². The van der Waals surface area contributed by atoms with Crippen molar-refractivity contribution in [2.75, 3.05) is 19.7 Å². The molecule has 0 saturated carbocycles. The van der Waals surface area contributed by atoms with Crippen LogP contribution in [0, 0.1) is 0 Å². The van der Waals surface area contributed by atoms with Gasteiger partial charge in [-0.05, 0) is 36.8 Å². The number of morpholine rings is 1. The Bertz CT molecular complexity index is 713. The number of nitrogens with zero attached hydrogens (tertiary/aromatic N) is 2. The molecule has 0 N–H and O–H groups in total. The number of benzene rings is 1. The summed E-state index contributed by atoms with van der Waals surface area (Å²) in [6, 6.07) is 11.5. The van der Waals surface area contributed by atoms with Crippen molar-refractivity contribution in [1.82, 2.24) is 9.88 Å². The molecule has 3 rings (SSSR count). The van der Waals surface area contributed by atoms with Crippen LogP contribution in [0.5, 0.6) is 5.75 Å². The third-order valence-electron chi connectivity index (χ3n) is 3.98. The highest BCUT2D eigenvalue weighted by molar-refractivity contribution is 5.91. The Morgan fingerprint density at radius 3 is 2.92 bits per heavy atom. The molecular weight excluding hydrogens is 316 g/mol. The maximum Gasteiger partial charge on any atom is 0.246 e. The van der Waals surface area contributed by atoms with Crippen LogP contribution < -0.4 is 4.74 Å². The van der Waals surface area contributed by atoms with Crippen LogP contribution in [0.4, 0.5) is 0 Å². The van der Waals surface area contributed by atoms with Gasteiger partial charge >= 0.3 is 0 Å². The minimum atomic E-state index is 0.0204. The zero-order valence-electron chi connectivity index (χ0n) is 14.3. The minimum Gasteiger partial charge on any atom is -0.489 e. The standard InChI is InChI=1S/C20H22N2O3/c1-16-14-22(11-12-24-16)20(23)9-6-17-4-7-19(8-5-17)25-15-18-3-2-10-21-13-18/h2-10,13,16H,11-12,14-15H2,1H3. The van der Waals surface area contributed by atoms with Gasteiger partial charge in [-0.2, -0.15) is 0 Å². The lowest BCUT2D eigenvalue weighted by molar-refractivity contribution is -0.132. The fraction of sp³-hybridized carbons (Fsp3) is 0.300. The molecule has 1 aliphatic heterocycles. The van der Waals surface area contributed by atoms with Gasteiger partial charge in [-0.3, -0.25) is 9.78 Å². The molecule has 0 bridgehead atoms. The first-order valence-electron chi connectivity index (χ1n) is 8.41. The van der Waals surface area contributed by atoms with E-state index in [4.69, 9.17) is 9.47 Å². The van der Waals surface area contributed by atoms with Gasteiger partial charge in [-0.1, -0.05) is 18.2 Å². The van der Waals surface area contributed by atoms with Crippen LogP contribution in [-0.2, 0) is 16.1 Å². The predicted octanol–water partition coefficient (Wildman–Crippen LogP) is 2.92. The predicted molar refractivity (Wildman–Crippen MR) is 96.0 cm³/mol. The first kappa shape index (κ1) is 17.2. The topological polar surface area (TPSA) is 51.7 Å². The van der Waals surface area contributed by atoms with Crippen molar-refractivity contribution >= 4 is 12.0 Å². The number of carbonyl (C=O) groups is 1. The molecule has 1 unspecified atom stereocenters. The lowest BCUT2D eigenvalue weighted by Gasteiger charge is -2.30. The third-order valence-corrected chi connectivity index (χ3v) is 3.98. The van der Waals surface area contributed by atoms with E-state index in [1.54, 1.807) is 18.5 Å². The summed E-state index contributed by atoms with van der Waals surface area (Å²) in [7, 11) is 0. The normalized spacial score (nSPS) is 17.6. The van der Waals surface area contributed by atoms with Gasteiger partial charge in [0.15, 0.2) is 0 Å². The van der Waals surface area contributed by atoms with Crippen molar-refractivity contribution in [2.24, 2.45) is 0 Å². The van der Waals surface area contributed by atoms with Crippen LogP contribution in [0.2, 0.25) is 0 Å². The Kier molecular flexibility index (Phi) is 5.80. The number of rotatable bonds is 5. The number of hydrogen-bond acceptors (Lipinski definition) is 4. The Hall–Kier alpha value is -2.66. The van der Waals surface area contributed by atoms with Gasteiger partial charge in [0.05, 0.1) is 12.7 Å². The fourth-order valence-electron chi connectivity index (χ4n) is 2.62. The number of hydrogen-bond donors (Lipinski definition) is 0. The summed E-state index contributed by atoms with van der Waals surface area (Å²) in [5.41, 5.74) is 1.99. The molecule has 1 aliphatic rings. The maximum atomic E-state index is 12.2. The number of amides is 1. The average molecular weight is 338 g/mol. The van der Waals surface area contributed by atoms with E-state index in [1.165, 1.54) is 0 Å². The molecule has 5 heteroatoms. The van der Waals surface area contributed by atoms with Crippen molar-refractivity contribution < 1.29 is 14.3 Å². The lowest BCUT2D eigenvalue weighted by atomic mass is 10.2. The molecule has 2 heterocycles. The van der Waals surface area contributed by atoms with E-state index in [1.807, 2.05) is 54.3 Å². The van der Waals surface area contributed by atoms with E-state index in [9.17, 15) is 4.79 Å². The van der Waals surface area contributed by atoms with Crippen molar-refractivity contribution in [3.63, 3.8) is 0 Å². The molecule has 1 aromatic heterocycles. The number of pyridine rings is 1. The molecule has 2 aromatic rings. The summed E-state index contributed by atoms with van der Waals surface area (Å²) in [6.45, 7) is 4.35. The molecule has 1 saturated heterocycles. The second-order valence-corrected chi connectivity index (χ2v) is 6.02. The summed E-state index contributed by atoms with van der Waals surface area (Å²) in [5.74, 6) is 0.807. The first-order chi connectivity index (χ1) is 12.2. The highest BCUT2D eigenvalue weighted by atomic mass is 16.5. The Balaban J connectivity index is 1.52. The fourth-order valence-corrected chi connectivity index (χ4v) is 2.62. The maximum absolute atomic E-state index is 12.2. The molecule has 1 atom stereocenters. The van der Waals surface area contributed by atoms with E-state index in [0.717, 1.165) is 16.9 Å². The van der Waals surface area contributed by atoms with Gasteiger partial charge in [0.1, 0.15) is 12.4 Å². The van der Waals surface area contributed by atoms with E-state index >= 15 is 0 Å². The van der Waals surface area contributed by atoms with Gasteiger partial charge in [0, 0.05) is 37.1 Å². The molecular formula is C20H22N2O3. The van der Waals surface area contributed by atoms with Crippen LogP contribution in [-0.4, -0.2) is 41.6 Å². The van der Waals surface area contributed by atoms with E-state index in [2.05, 4.69) is 4.98 Å². The number of aromatic nitrogens is 1. The van der Waals surface area contributed by atoms with Crippen LogP contribution in [0.15, 0.2) is 54.9 Å². The monoisotopic (exact) mass is 338 g/mol. The molecule has 25 heavy (non-hydrogen) atoms. The second kappa shape index (κ2) is 8.44. The zero-order chi connectivity index (χ0) is 17.5. The molecule has 130 valence electrons. The second-order valence-electron chi connectivity index (χ2n) is 6.02. The largest absolute Gasteiger partial charge is 0.489 e. The summed E-state index contributed by atoms with van der Waals surface area (Å²) < 4.78 is 11.2. The van der Waals surface area contributed by atoms with Crippen LogP contribution in [0.3, 0.4) is 0 Å². The SMILES string of the molecule is CC1CN(C(=O)C=Cc2ccc(OCc3cccnc3)cc2)CCO1. The van der Waals surface area contributed by atoms with Gasteiger partial charge in [0.25, 0.3) is 0 Å². The minimum absolute atomic E-state index is 0.0204. The molecule has 5 nitrogen and oxygen atoms in total. The first-order valence-corrected chi connectivity index (χ1v) is 8.41. The smallest absolute Gasteiger partial charge is 0.246 e. The quantitative estimate of drug-likeness (QED) is 0.787. The van der Waals surface area contributed by atoms with E-state index < -0.39 is 0 Å². The van der Waals surface area contributed by atoms with Crippen LogP contribution in [0.1, 0.15) is 18.1 Å². The third kappa shape index (κ3) is 5.16. The highest BCUT2D eigenvalue weighted by Gasteiger charge is 2.19. The molecule has 0 spiro atoms. The van der Waals surface area contributed by atoms with E-state index in [-0.39, 0.29) is 12.0 Å². The summed E-state index contributed by atoms with van der Waals surface area (Å²) >= 11 is 0. The Morgan fingerprint density at radius 1 is 1.36 bits per heavy atom. The summed E-state index contributed by atoms with van der Waals surface area (Å²) in [5, 5.41) is 0. The van der Waals surface area contributed by atoms with Gasteiger partial charge in [0.2, 0.25) is 5.91 Å². The van der Waals surface area contributed by atoms with Gasteiger partial charge in [-0.25, -0.2) is 0 Å². The molecule has 0 radical (unpaired) electrons. The zero-order valence-corrected chi connectivity index (χ0v) is 14.3.